The number of nitrogens with zero attached hydrogens (tertiary/aromatic N) is 2. The molecule has 6 nitrogen and oxygen atoms in total. The number of hydrogen-bond acceptors (Lipinski definition) is 6. The molecule has 0 aliphatic carbocycles. The van der Waals surface area contributed by atoms with E-state index in [1.807, 2.05) is 51.4 Å². The van der Waals surface area contributed by atoms with E-state index in [2.05, 4.69) is 0 Å². The molecule has 0 amide bonds. The maximum atomic E-state index is 8.86. The quantitative estimate of drug-likeness (QED) is 0.719. The highest BCUT2D eigenvalue weighted by atomic mass is 28.5. The van der Waals surface area contributed by atoms with E-state index in [0.717, 1.165) is 0 Å². The van der Waals surface area contributed by atoms with Crippen molar-refractivity contribution in [1.29, 1.82) is 10.5 Å². The molecule has 0 aromatic rings. The SMILES string of the molecule is C[Si]1(C)O[SiH](CCC(C#N)C#N)O[Si](C)(C)O[Si](C)(C)O1. The number of nitriles is 2. The third-order valence-corrected chi connectivity index (χ3v) is 18.1. The molecule has 1 rings (SSSR count). The summed E-state index contributed by atoms with van der Waals surface area (Å²) in [7, 11) is -8.83. The Morgan fingerprint density at radius 1 is 0.857 bits per heavy atom. The zero-order valence-corrected chi connectivity index (χ0v) is 17.8. The van der Waals surface area contributed by atoms with Crippen LogP contribution in [0.15, 0.2) is 0 Å². The molecule has 118 valence electrons. The summed E-state index contributed by atoms with van der Waals surface area (Å²) >= 11 is 0. The smallest absolute Gasteiger partial charge is 0.314 e. The third kappa shape index (κ3) is 6.54. The molecule has 0 atom stereocenters. The first kappa shape index (κ1) is 18.7. The zero-order chi connectivity index (χ0) is 16.3. The van der Waals surface area contributed by atoms with Crippen molar-refractivity contribution in [3.8, 4) is 12.1 Å². The van der Waals surface area contributed by atoms with Crippen LogP contribution in [0.25, 0.3) is 0 Å². The molecule has 1 aliphatic rings. The summed E-state index contributed by atoms with van der Waals surface area (Å²) in [5, 5.41) is 17.7. The van der Waals surface area contributed by atoms with Crippen LogP contribution in [-0.2, 0) is 16.5 Å². The number of hydrogen-bond donors (Lipinski definition) is 0. The predicted octanol–water partition coefficient (Wildman–Crippen LogP) is 2.45. The average Bonchev–Trinajstić information content (AvgIpc) is 2.23. The lowest BCUT2D eigenvalue weighted by molar-refractivity contribution is 0.247. The van der Waals surface area contributed by atoms with Gasteiger partial charge in [0.05, 0.1) is 12.1 Å². The molecule has 0 saturated carbocycles. The highest BCUT2D eigenvalue weighted by Crippen LogP contribution is 2.28. The van der Waals surface area contributed by atoms with Crippen LogP contribution in [0.1, 0.15) is 6.42 Å². The fraction of sp³-hybridized carbons (Fsp3) is 0.818. The Balaban J connectivity index is 2.81. The van der Waals surface area contributed by atoms with Crippen molar-refractivity contribution in [1.82, 2.24) is 0 Å². The van der Waals surface area contributed by atoms with E-state index in [0.29, 0.717) is 12.5 Å². The minimum atomic E-state index is -2.30. The second kappa shape index (κ2) is 6.85. The van der Waals surface area contributed by atoms with Crippen molar-refractivity contribution in [2.24, 2.45) is 5.92 Å². The normalized spacial score (nSPS) is 24.6. The largest absolute Gasteiger partial charge is 0.418 e. The first-order chi connectivity index (χ1) is 9.49. The molecule has 0 aromatic carbocycles. The summed E-state index contributed by atoms with van der Waals surface area (Å²) in [6, 6.07) is 4.61. The van der Waals surface area contributed by atoms with Gasteiger partial charge in [-0.05, 0) is 51.7 Å². The maximum Gasteiger partial charge on any atom is 0.314 e. The van der Waals surface area contributed by atoms with Gasteiger partial charge in [0.1, 0.15) is 5.92 Å². The van der Waals surface area contributed by atoms with Crippen LogP contribution in [0.5, 0.6) is 0 Å². The van der Waals surface area contributed by atoms with E-state index in [1.54, 1.807) is 0 Å². The van der Waals surface area contributed by atoms with Crippen LogP contribution in [0.3, 0.4) is 0 Å². The molecule has 1 saturated heterocycles. The van der Waals surface area contributed by atoms with Gasteiger partial charge in [0.15, 0.2) is 0 Å². The standard InChI is InChI=1S/C11H24N2O4Si4/c1-19(2)14-18(8-7-11(9-12)10-13)15-20(3,4)17-21(5,6)16-19/h11,18H,7-8H2,1-6H3. The van der Waals surface area contributed by atoms with Crippen LogP contribution in [0.4, 0.5) is 0 Å². The van der Waals surface area contributed by atoms with E-state index in [9.17, 15) is 0 Å². The Bertz CT molecular complexity index is 422. The van der Waals surface area contributed by atoms with Gasteiger partial charge in [-0.1, -0.05) is 0 Å². The van der Waals surface area contributed by atoms with Crippen molar-refractivity contribution in [3.05, 3.63) is 0 Å². The van der Waals surface area contributed by atoms with Gasteiger partial charge >= 0.3 is 35.0 Å². The second-order valence-electron chi connectivity index (χ2n) is 6.46. The molecular weight excluding hydrogens is 336 g/mol. The summed E-state index contributed by atoms with van der Waals surface area (Å²) in [6.45, 7) is 12.0. The van der Waals surface area contributed by atoms with Crippen LogP contribution in [0, 0.1) is 28.6 Å². The summed E-state index contributed by atoms with van der Waals surface area (Å²) in [5.74, 6) is -0.600. The highest BCUT2D eigenvalue weighted by Gasteiger charge is 2.47. The molecule has 0 aromatic heterocycles. The third-order valence-electron chi connectivity index (χ3n) is 2.82. The Kier molecular flexibility index (Phi) is 6.11. The Morgan fingerprint density at radius 2 is 1.29 bits per heavy atom. The minimum absolute atomic E-state index is 0.486. The topological polar surface area (TPSA) is 84.5 Å². The van der Waals surface area contributed by atoms with Crippen LogP contribution in [-0.4, -0.2) is 35.0 Å². The number of rotatable bonds is 3. The lowest BCUT2D eigenvalue weighted by Gasteiger charge is -2.43. The van der Waals surface area contributed by atoms with E-state index >= 15 is 0 Å². The van der Waals surface area contributed by atoms with Crippen molar-refractivity contribution >= 4 is 35.0 Å². The molecule has 0 spiro atoms. The van der Waals surface area contributed by atoms with Gasteiger partial charge in [-0.3, -0.25) is 0 Å². The van der Waals surface area contributed by atoms with Crippen LogP contribution < -0.4 is 0 Å². The lowest BCUT2D eigenvalue weighted by Crippen LogP contribution is -2.61. The van der Waals surface area contributed by atoms with Gasteiger partial charge in [0.25, 0.3) is 0 Å². The Hall–Kier alpha value is -0.312. The first-order valence-electron chi connectivity index (χ1n) is 7.04. The van der Waals surface area contributed by atoms with E-state index in [-0.39, 0.29) is 0 Å². The molecule has 1 aliphatic heterocycles. The Morgan fingerprint density at radius 3 is 1.67 bits per heavy atom. The van der Waals surface area contributed by atoms with Gasteiger partial charge in [0.2, 0.25) is 0 Å². The van der Waals surface area contributed by atoms with Gasteiger partial charge < -0.3 is 16.5 Å². The minimum Gasteiger partial charge on any atom is -0.418 e. The monoisotopic (exact) mass is 360 g/mol. The Labute approximate surface area is 132 Å². The average molecular weight is 361 g/mol. The molecule has 21 heavy (non-hydrogen) atoms. The van der Waals surface area contributed by atoms with Crippen molar-refractivity contribution in [3.63, 3.8) is 0 Å². The lowest BCUT2D eigenvalue weighted by atomic mass is 10.1. The molecular formula is C11H24N2O4Si4. The van der Waals surface area contributed by atoms with Gasteiger partial charge in [0, 0.05) is 0 Å². The molecule has 0 N–H and O–H groups in total. The summed E-state index contributed by atoms with van der Waals surface area (Å²) < 4.78 is 24.8. The van der Waals surface area contributed by atoms with E-state index < -0.39 is 40.9 Å². The van der Waals surface area contributed by atoms with Gasteiger partial charge in [-0.25, -0.2) is 0 Å². The van der Waals surface area contributed by atoms with Crippen LogP contribution in [0.2, 0.25) is 45.3 Å². The van der Waals surface area contributed by atoms with Gasteiger partial charge in [-0.15, -0.1) is 0 Å². The van der Waals surface area contributed by atoms with E-state index in [1.165, 1.54) is 0 Å². The summed E-state index contributed by atoms with van der Waals surface area (Å²) in [5.41, 5.74) is 0. The predicted molar refractivity (Wildman–Crippen MR) is 88.1 cm³/mol. The maximum absolute atomic E-state index is 8.86. The van der Waals surface area contributed by atoms with Crippen molar-refractivity contribution in [2.45, 2.75) is 51.7 Å². The summed E-state index contributed by atoms with van der Waals surface area (Å²) in [6.07, 6.45) is 0.486. The fourth-order valence-electron chi connectivity index (χ4n) is 2.49. The molecule has 1 fully saturated rings. The molecule has 0 radical (unpaired) electrons. The van der Waals surface area contributed by atoms with Crippen LogP contribution >= 0.6 is 0 Å². The highest BCUT2D eigenvalue weighted by molar-refractivity contribution is 6.89. The molecule has 10 heteroatoms. The van der Waals surface area contributed by atoms with E-state index in [4.69, 9.17) is 27.0 Å². The zero-order valence-electron chi connectivity index (χ0n) is 13.6. The van der Waals surface area contributed by atoms with Crippen molar-refractivity contribution < 1.29 is 16.5 Å². The second-order valence-corrected chi connectivity index (χ2v) is 19.8. The van der Waals surface area contributed by atoms with Crippen molar-refractivity contribution in [2.75, 3.05) is 0 Å². The molecule has 0 bridgehead atoms. The molecule has 1 heterocycles. The van der Waals surface area contributed by atoms with Gasteiger partial charge in [-0.2, -0.15) is 10.5 Å². The fourth-order valence-corrected chi connectivity index (χ4v) is 21.0. The summed E-state index contributed by atoms with van der Waals surface area (Å²) in [4.78, 5) is 0. The first-order valence-corrected chi connectivity index (χ1v) is 17.2. The molecule has 0 unspecified atom stereocenters.